The fraction of sp³-hybridized carbons (Fsp3) is 0.231. The molecule has 0 fully saturated rings. The van der Waals surface area contributed by atoms with Crippen molar-refractivity contribution in [2.24, 2.45) is 0 Å². The fourth-order valence-corrected chi connectivity index (χ4v) is 3.55. The zero-order valence-electron chi connectivity index (χ0n) is 11.7. The van der Waals surface area contributed by atoms with Crippen molar-refractivity contribution in [3.05, 3.63) is 45.2 Å². The van der Waals surface area contributed by atoms with E-state index in [9.17, 15) is 19.3 Å². The second-order valence-electron chi connectivity index (χ2n) is 4.43. The number of anilines is 1. The Hall–Kier alpha value is -2.00. The van der Waals surface area contributed by atoms with E-state index in [1.807, 2.05) is 12.3 Å². The summed E-state index contributed by atoms with van der Waals surface area (Å²) in [5.41, 5.74) is 0.392. The quantitative estimate of drug-likeness (QED) is 0.510. The van der Waals surface area contributed by atoms with Gasteiger partial charge < -0.3 is 5.32 Å². The topological polar surface area (TPSA) is 85.1 Å². The van der Waals surface area contributed by atoms with Gasteiger partial charge in [-0.15, -0.1) is 11.3 Å². The molecule has 1 aromatic carbocycles. The third-order valence-electron chi connectivity index (χ3n) is 2.66. The van der Waals surface area contributed by atoms with Crippen molar-refractivity contribution in [3.8, 4) is 0 Å². The average molecular weight is 341 g/mol. The number of hydrogen-bond acceptors (Lipinski definition) is 6. The molecule has 2 aromatic rings. The molecular weight excluding hydrogens is 329 g/mol. The average Bonchev–Trinajstić information content (AvgIpc) is 2.85. The Morgan fingerprint density at radius 2 is 2.27 bits per heavy atom. The van der Waals surface area contributed by atoms with Gasteiger partial charge in [-0.2, -0.15) is 4.39 Å². The highest BCUT2D eigenvalue weighted by atomic mass is 32.2. The molecule has 1 amide bonds. The van der Waals surface area contributed by atoms with Gasteiger partial charge in [0.25, 0.3) is 0 Å². The predicted octanol–water partition coefficient (Wildman–Crippen LogP) is 3.62. The minimum atomic E-state index is -0.941. The number of carbonyl (C=O) groups is 1. The molecular formula is C13H12FN3O3S2. The van der Waals surface area contributed by atoms with Crippen molar-refractivity contribution in [2.45, 2.75) is 23.4 Å². The first kappa shape index (κ1) is 16.4. The normalized spacial score (nSPS) is 12.0. The van der Waals surface area contributed by atoms with Crippen LogP contribution in [0.25, 0.3) is 0 Å². The minimum absolute atomic E-state index is 0.181. The Balaban J connectivity index is 2.05. The summed E-state index contributed by atoms with van der Waals surface area (Å²) < 4.78 is 14.0. The first-order valence-corrected chi connectivity index (χ1v) is 7.96. The standard InChI is InChI=1S/C13H12FN3O3S2/c1-7-6-21-13(15-7)22-8(2)12(18)16-9-3-4-10(14)11(5-9)17(19)20/h3-6,8H,1-2H3,(H,16,18)/t8-/m0/s1. The van der Waals surface area contributed by atoms with E-state index in [2.05, 4.69) is 10.3 Å². The summed E-state index contributed by atoms with van der Waals surface area (Å²) >= 11 is 2.74. The van der Waals surface area contributed by atoms with Crippen molar-refractivity contribution in [1.82, 2.24) is 4.98 Å². The van der Waals surface area contributed by atoms with Crippen LogP contribution >= 0.6 is 23.1 Å². The van der Waals surface area contributed by atoms with Gasteiger partial charge in [-0.25, -0.2) is 4.98 Å². The molecule has 0 aliphatic rings. The number of thioether (sulfide) groups is 1. The number of aromatic nitrogens is 1. The number of nitro benzene ring substituents is 1. The second kappa shape index (κ2) is 6.84. The molecule has 0 saturated carbocycles. The van der Waals surface area contributed by atoms with Crippen LogP contribution in [-0.4, -0.2) is 21.1 Å². The van der Waals surface area contributed by atoms with Crippen molar-refractivity contribution in [3.63, 3.8) is 0 Å². The van der Waals surface area contributed by atoms with Crippen molar-refractivity contribution in [1.29, 1.82) is 0 Å². The van der Waals surface area contributed by atoms with E-state index in [4.69, 9.17) is 0 Å². The number of hydrogen-bond donors (Lipinski definition) is 1. The lowest BCUT2D eigenvalue weighted by atomic mass is 10.2. The van der Waals surface area contributed by atoms with Gasteiger partial charge >= 0.3 is 5.69 Å². The molecule has 1 aromatic heterocycles. The lowest BCUT2D eigenvalue weighted by Gasteiger charge is -2.10. The largest absolute Gasteiger partial charge is 0.325 e. The molecule has 1 N–H and O–H groups in total. The molecule has 9 heteroatoms. The van der Waals surface area contributed by atoms with Crippen molar-refractivity contribution in [2.75, 3.05) is 5.32 Å². The Kier molecular flexibility index (Phi) is 5.09. The molecule has 0 bridgehead atoms. The predicted molar refractivity (Wildman–Crippen MR) is 83.9 cm³/mol. The third-order valence-corrected chi connectivity index (χ3v) is 4.84. The van der Waals surface area contributed by atoms with Gasteiger partial charge in [0.05, 0.1) is 10.2 Å². The number of aryl methyl sites for hydroxylation is 1. The van der Waals surface area contributed by atoms with E-state index in [1.54, 1.807) is 6.92 Å². The Labute approximate surface area is 133 Å². The van der Waals surface area contributed by atoms with Crippen LogP contribution in [0.3, 0.4) is 0 Å². The van der Waals surface area contributed by atoms with Gasteiger partial charge in [-0.05, 0) is 26.0 Å². The van der Waals surface area contributed by atoms with E-state index >= 15 is 0 Å². The van der Waals surface area contributed by atoms with Gasteiger partial charge in [-0.3, -0.25) is 14.9 Å². The number of amides is 1. The van der Waals surface area contributed by atoms with Crippen LogP contribution < -0.4 is 5.32 Å². The first-order chi connectivity index (χ1) is 10.4. The van der Waals surface area contributed by atoms with Gasteiger partial charge in [0.2, 0.25) is 11.7 Å². The molecule has 1 atom stereocenters. The highest BCUT2D eigenvalue weighted by Gasteiger charge is 2.19. The number of rotatable bonds is 5. The number of carbonyl (C=O) groups excluding carboxylic acids is 1. The SMILES string of the molecule is Cc1csc(S[C@@H](C)C(=O)Nc2ccc(F)c([N+](=O)[O-])c2)n1. The Morgan fingerprint density at radius 1 is 1.55 bits per heavy atom. The van der Waals surface area contributed by atoms with Gasteiger partial charge in [0.1, 0.15) is 0 Å². The summed E-state index contributed by atoms with van der Waals surface area (Å²) in [4.78, 5) is 26.2. The van der Waals surface area contributed by atoms with Crippen LogP contribution in [0.1, 0.15) is 12.6 Å². The summed E-state index contributed by atoms with van der Waals surface area (Å²) in [5, 5.41) is 14.7. The number of benzene rings is 1. The zero-order valence-corrected chi connectivity index (χ0v) is 13.3. The molecule has 0 aliphatic heterocycles. The Morgan fingerprint density at radius 3 is 2.86 bits per heavy atom. The zero-order chi connectivity index (χ0) is 16.3. The van der Waals surface area contributed by atoms with E-state index in [0.717, 1.165) is 22.2 Å². The maximum atomic E-state index is 13.2. The number of nitrogens with zero attached hydrogens (tertiary/aromatic N) is 2. The molecule has 0 aliphatic carbocycles. The number of nitro groups is 1. The molecule has 116 valence electrons. The van der Waals surface area contributed by atoms with Crippen LogP contribution in [0.15, 0.2) is 27.9 Å². The lowest BCUT2D eigenvalue weighted by molar-refractivity contribution is -0.387. The molecule has 22 heavy (non-hydrogen) atoms. The fourth-order valence-electron chi connectivity index (χ4n) is 1.57. The molecule has 0 radical (unpaired) electrons. The first-order valence-electron chi connectivity index (χ1n) is 6.20. The van der Waals surface area contributed by atoms with Crippen LogP contribution in [0, 0.1) is 22.9 Å². The van der Waals surface area contributed by atoms with E-state index in [0.29, 0.717) is 0 Å². The van der Waals surface area contributed by atoms with Crippen LogP contribution in [0.2, 0.25) is 0 Å². The molecule has 0 saturated heterocycles. The molecule has 0 unspecified atom stereocenters. The summed E-state index contributed by atoms with van der Waals surface area (Å²) in [6.07, 6.45) is 0. The summed E-state index contributed by atoms with van der Waals surface area (Å²) in [7, 11) is 0. The lowest BCUT2D eigenvalue weighted by Crippen LogP contribution is -2.22. The highest BCUT2D eigenvalue weighted by Crippen LogP contribution is 2.28. The molecule has 0 spiro atoms. The van der Waals surface area contributed by atoms with Gasteiger partial charge in [0.15, 0.2) is 4.34 Å². The van der Waals surface area contributed by atoms with Crippen LogP contribution in [0.4, 0.5) is 15.8 Å². The third kappa shape index (κ3) is 4.01. The van der Waals surface area contributed by atoms with Crippen molar-refractivity contribution < 1.29 is 14.1 Å². The minimum Gasteiger partial charge on any atom is -0.325 e. The van der Waals surface area contributed by atoms with E-state index in [1.165, 1.54) is 29.2 Å². The second-order valence-corrected chi connectivity index (χ2v) is 6.87. The maximum absolute atomic E-state index is 13.2. The molecule has 6 nitrogen and oxygen atoms in total. The summed E-state index contributed by atoms with van der Waals surface area (Å²) in [6, 6.07) is 3.24. The van der Waals surface area contributed by atoms with Gasteiger partial charge in [0, 0.05) is 22.8 Å². The summed E-state index contributed by atoms with van der Waals surface area (Å²) in [6.45, 7) is 3.57. The van der Waals surface area contributed by atoms with E-state index in [-0.39, 0.29) is 11.6 Å². The number of nitrogens with one attached hydrogen (secondary N) is 1. The van der Waals surface area contributed by atoms with Crippen LogP contribution in [-0.2, 0) is 4.79 Å². The van der Waals surface area contributed by atoms with E-state index < -0.39 is 21.7 Å². The highest BCUT2D eigenvalue weighted by molar-refractivity contribution is 8.02. The smallest absolute Gasteiger partial charge is 0.306 e. The molecule has 2 rings (SSSR count). The number of halogens is 1. The molecule has 1 heterocycles. The summed E-state index contributed by atoms with van der Waals surface area (Å²) in [5.74, 6) is -1.28. The number of thiazole rings is 1. The monoisotopic (exact) mass is 341 g/mol. The maximum Gasteiger partial charge on any atom is 0.306 e. The van der Waals surface area contributed by atoms with Crippen molar-refractivity contribution >= 4 is 40.4 Å². The Bertz CT molecular complexity index is 720. The van der Waals surface area contributed by atoms with Crippen LogP contribution in [0.5, 0.6) is 0 Å². The van der Waals surface area contributed by atoms with Gasteiger partial charge in [-0.1, -0.05) is 11.8 Å².